The Bertz CT molecular complexity index is 406. The largest absolute Gasteiger partial charge is 0.452 e. The number of Topliss-reactive ketones (excluding diaryl/α,β-unsaturated/α-hetero) is 1. The molecule has 0 aromatic heterocycles. The first-order valence-corrected chi connectivity index (χ1v) is 5.68. The summed E-state index contributed by atoms with van der Waals surface area (Å²) in [6.07, 6.45) is -0.620. The van der Waals surface area contributed by atoms with Gasteiger partial charge in [-0.1, -0.05) is 11.6 Å². The molecular formula is C11H11Cl2NO3. The minimum atomic E-state index is -0.620. The quantitative estimate of drug-likeness (QED) is 0.794. The summed E-state index contributed by atoms with van der Waals surface area (Å²) in [5.74, 6) is -0.423. The highest BCUT2D eigenvalue weighted by Crippen LogP contribution is 2.18. The van der Waals surface area contributed by atoms with Gasteiger partial charge in [-0.3, -0.25) is 9.69 Å². The second-order valence-electron chi connectivity index (χ2n) is 3.20. The Morgan fingerprint density at radius 3 is 2.35 bits per heavy atom. The maximum atomic E-state index is 11.5. The minimum absolute atomic E-state index is 0.127. The van der Waals surface area contributed by atoms with Crippen LogP contribution in [0.1, 0.15) is 0 Å². The van der Waals surface area contributed by atoms with Crippen LogP contribution in [0.5, 0.6) is 0 Å². The predicted octanol–water partition coefficient (Wildman–Crippen LogP) is 2.72. The molecular weight excluding hydrogens is 265 g/mol. The molecule has 92 valence electrons. The van der Waals surface area contributed by atoms with Crippen molar-refractivity contribution in [1.29, 1.82) is 0 Å². The number of nitrogens with zero attached hydrogens (tertiary/aromatic N) is 1. The molecule has 1 aromatic rings. The highest BCUT2D eigenvalue weighted by Gasteiger charge is 2.18. The normalized spacial score (nSPS) is 9.82. The van der Waals surface area contributed by atoms with Gasteiger partial charge in [0.2, 0.25) is 0 Å². The fraction of sp³-hybridized carbons (Fsp3) is 0.273. The number of hydrogen-bond donors (Lipinski definition) is 0. The van der Waals surface area contributed by atoms with E-state index in [0.29, 0.717) is 10.7 Å². The number of rotatable bonds is 4. The summed E-state index contributed by atoms with van der Waals surface area (Å²) >= 11 is 11.1. The van der Waals surface area contributed by atoms with Crippen LogP contribution in [0.2, 0.25) is 5.02 Å². The number of anilines is 1. The molecule has 0 spiro atoms. The van der Waals surface area contributed by atoms with Gasteiger partial charge in [-0.2, -0.15) is 0 Å². The minimum Gasteiger partial charge on any atom is -0.452 e. The third-order valence-electron chi connectivity index (χ3n) is 2.02. The maximum absolute atomic E-state index is 11.5. The van der Waals surface area contributed by atoms with Crippen LogP contribution in [0.4, 0.5) is 10.5 Å². The second kappa shape index (κ2) is 6.47. The summed E-state index contributed by atoms with van der Waals surface area (Å²) in [5, 5.41) is 0.544. The van der Waals surface area contributed by atoms with Crippen molar-refractivity contribution < 1.29 is 14.3 Å². The van der Waals surface area contributed by atoms with Crippen molar-refractivity contribution >= 4 is 40.8 Å². The summed E-state index contributed by atoms with van der Waals surface area (Å²) in [7, 11) is 1.25. The van der Waals surface area contributed by atoms with Crippen molar-refractivity contribution in [3.05, 3.63) is 29.3 Å². The van der Waals surface area contributed by atoms with Crippen molar-refractivity contribution in [1.82, 2.24) is 0 Å². The fourth-order valence-corrected chi connectivity index (χ4v) is 1.42. The van der Waals surface area contributed by atoms with E-state index in [1.54, 1.807) is 24.3 Å². The van der Waals surface area contributed by atoms with E-state index >= 15 is 0 Å². The second-order valence-corrected chi connectivity index (χ2v) is 3.91. The molecule has 0 heterocycles. The molecule has 0 atom stereocenters. The van der Waals surface area contributed by atoms with E-state index in [2.05, 4.69) is 4.74 Å². The van der Waals surface area contributed by atoms with Crippen LogP contribution in [-0.2, 0) is 9.53 Å². The van der Waals surface area contributed by atoms with Gasteiger partial charge >= 0.3 is 6.09 Å². The molecule has 4 nitrogen and oxygen atoms in total. The number of hydrogen-bond acceptors (Lipinski definition) is 3. The van der Waals surface area contributed by atoms with E-state index in [1.165, 1.54) is 12.0 Å². The lowest BCUT2D eigenvalue weighted by Gasteiger charge is -2.20. The number of alkyl halides is 1. The summed E-state index contributed by atoms with van der Waals surface area (Å²) in [6.45, 7) is -0.127. The summed E-state index contributed by atoms with van der Waals surface area (Å²) in [6, 6.07) is 6.50. The zero-order valence-electron chi connectivity index (χ0n) is 9.15. The Labute approximate surface area is 109 Å². The van der Waals surface area contributed by atoms with Gasteiger partial charge in [0.05, 0.1) is 19.5 Å². The topological polar surface area (TPSA) is 46.6 Å². The third kappa shape index (κ3) is 3.91. The van der Waals surface area contributed by atoms with E-state index in [-0.39, 0.29) is 18.2 Å². The number of methoxy groups -OCH3 is 1. The Morgan fingerprint density at radius 1 is 1.29 bits per heavy atom. The number of halogens is 2. The van der Waals surface area contributed by atoms with Crippen LogP contribution in [0, 0.1) is 0 Å². The number of carbonyl (C=O) groups is 2. The van der Waals surface area contributed by atoms with Gasteiger partial charge in [0, 0.05) is 10.7 Å². The summed E-state index contributed by atoms with van der Waals surface area (Å²) in [4.78, 5) is 24.0. The van der Waals surface area contributed by atoms with E-state index in [9.17, 15) is 9.59 Å². The summed E-state index contributed by atoms with van der Waals surface area (Å²) < 4.78 is 4.60. The van der Waals surface area contributed by atoms with E-state index in [1.807, 2.05) is 0 Å². The average Bonchev–Trinajstić information content (AvgIpc) is 2.36. The number of benzene rings is 1. The van der Waals surface area contributed by atoms with E-state index in [0.717, 1.165) is 0 Å². The van der Waals surface area contributed by atoms with Crippen molar-refractivity contribution in [2.75, 3.05) is 24.4 Å². The highest BCUT2D eigenvalue weighted by molar-refractivity contribution is 6.30. The highest BCUT2D eigenvalue weighted by atomic mass is 35.5. The third-order valence-corrected chi connectivity index (χ3v) is 2.57. The Morgan fingerprint density at radius 2 is 1.88 bits per heavy atom. The Hall–Kier alpha value is -1.26. The van der Waals surface area contributed by atoms with Crippen LogP contribution >= 0.6 is 23.2 Å². The standard InChI is InChI=1S/C11H11Cl2NO3/c1-17-11(16)14(7-10(15)6-12)9-4-2-8(13)3-5-9/h2-5H,6-7H2,1H3. The molecule has 0 saturated heterocycles. The molecule has 1 amide bonds. The number of amides is 1. The lowest BCUT2D eigenvalue weighted by molar-refractivity contribution is -0.115. The molecule has 0 unspecified atom stereocenters. The van der Waals surface area contributed by atoms with Crippen LogP contribution < -0.4 is 4.90 Å². The molecule has 17 heavy (non-hydrogen) atoms. The lowest BCUT2D eigenvalue weighted by Crippen LogP contribution is -2.36. The van der Waals surface area contributed by atoms with Gasteiger partial charge in [-0.15, -0.1) is 11.6 Å². The SMILES string of the molecule is COC(=O)N(CC(=O)CCl)c1ccc(Cl)cc1. The fourth-order valence-electron chi connectivity index (χ4n) is 1.21. The van der Waals surface area contributed by atoms with Crippen molar-refractivity contribution in [2.45, 2.75) is 0 Å². The molecule has 0 aliphatic heterocycles. The summed E-state index contributed by atoms with van der Waals surface area (Å²) in [5.41, 5.74) is 0.528. The average molecular weight is 276 g/mol. The lowest BCUT2D eigenvalue weighted by atomic mass is 10.3. The molecule has 0 radical (unpaired) electrons. The van der Waals surface area contributed by atoms with Gasteiger partial charge in [0.25, 0.3) is 0 Å². The monoisotopic (exact) mass is 275 g/mol. The van der Waals surface area contributed by atoms with Crippen molar-refractivity contribution in [3.8, 4) is 0 Å². The van der Waals surface area contributed by atoms with Crippen LogP contribution in [0.25, 0.3) is 0 Å². The molecule has 0 aliphatic carbocycles. The molecule has 1 aromatic carbocycles. The van der Waals surface area contributed by atoms with Gasteiger partial charge < -0.3 is 4.74 Å². The number of ketones is 1. The Balaban J connectivity index is 2.93. The van der Waals surface area contributed by atoms with E-state index in [4.69, 9.17) is 23.2 Å². The maximum Gasteiger partial charge on any atom is 0.414 e. The van der Waals surface area contributed by atoms with Gasteiger partial charge in [0.15, 0.2) is 5.78 Å². The first-order chi connectivity index (χ1) is 8.08. The first kappa shape index (κ1) is 13.8. The zero-order valence-corrected chi connectivity index (χ0v) is 10.7. The molecule has 1 rings (SSSR count). The number of carbonyl (C=O) groups excluding carboxylic acids is 2. The van der Waals surface area contributed by atoms with Gasteiger partial charge in [-0.05, 0) is 24.3 Å². The van der Waals surface area contributed by atoms with Crippen LogP contribution in [0.15, 0.2) is 24.3 Å². The zero-order chi connectivity index (χ0) is 12.8. The Kier molecular flexibility index (Phi) is 5.25. The van der Waals surface area contributed by atoms with E-state index < -0.39 is 6.09 Å². The molecule has 0 fully saturated rings. The first-order valence-electron chi connectivity index (χ1n) is 4.77. The van der Waals surface area contributed by atoms with Crippen molar-refractivity contribution in [2.24, 2.45) is 0 Å². The van der Waals surface area contributed by atoms with Crippen molar-refractivity contribution in [3.63, 3.8) is 0 Å². The predicted molar refractivity (Wildman–Crippen MR) is 66.9 cm³/mol. The molecule has 0 aliphatic rings. The van der Waals surface area contributed by atoms with Crippen LogP contribution in [-0.4, -0.2) is 31.4 Å². The smallest absolute Gasteiger partial charge is 0.414 e. The molecule has 0 saturated carbocycles. The number of ether oxygens (including phenoxy) is 1. The molecule has 0 N–H and O–H groups in total. The van der Waals surface area contributed by atoms with Gasteiger partial charge in [0.1, 0.15) is 0 Å². The van der Waals surface area contributed by atoms with Crippen LogP contribution in [0.3, 0.4) is 0 Å². The van der Waals surface area contributed by atoms with Gasteiger partial charge in [-0.25, -0.2) is 4.79 Å². The molecule has 0 bridgehead atoms. The molecule has 6 heteroatoms.